The minimum atomic E-state index is -1.52. The highest BCUT2D eigenvalue weighted by Crippen LogP contribution is 2.45. The van der Waals surface area contributed by atoms with E-state index in [1.54, 1.807) is 16.8 Å². The first-order valence-electron chi connectivity index (χ1n) is 16.8. The number of likely N-dealkylation sites (tertiary alicyclic amines) is 1. The minimum absolute atomic E-state index is 0.0164. The average Bonchev–Trinajstić information content (AvgIpc) is 3.60. The Bertz CT molecular complexity index is 2010. The largest absolute Gasteiger partial charge is 0.479 e. The highest BCUT2D eigenvalue weighted by atomic mass is 35.5. The second-order valence-corrected chi connectivity index (χ2v) is 15.6. The number of carbonyl (C=O) groups is 1. The van der Waals surface area contributed by atoms with Crippen LogP contribution in [0.2, 0.25) is 5.02 Å². The number of aliphatic hydroxyl groups excluding tert-OH is 1. The van der Waals surface area contributed by atoms with Crippen LogP contribution >= 0.6 is 22.9 Å². The molecular formula is C37H42ClN5O5S. The van der Waals surface area contributed by atoms with Crippen molar-refractivity contribution in [1.29, 1.82) is 0 Å². The molecule has 0 radical (unpaired) electrons. The van der Waals surface area contributed by atoms with Crippen LogP contribution in [0.15, 0.2) is 48.5 Å². The number of halogens is 1. The van der Waals surface area contributed by atoms with Crippen LogP contribution < -0.4 is 5.32 Å². The van der Waals surface area contributed by atoms with Gasteiger partial charge in [0.1, 0.15) is 5.01 Å². The predicted molar refractivity (Wildman–Crippen MR) is 193 cm³/mol. The van der Waals surface area contributed by atoms with Crippen LogP contribution in [-0.2, 0) is 16.1 Å². The van der Waals surface area contributed by atoms with Gasteiger partial charge in [-0.2, -0.15) is 5.10 Å². The van der Waals surface area contributed by atoms with Crippen molar-refractivity contribution in [3.05, 3.63) is 70.4 Å². The van der Waals surface area contributed by atoms with Crippen molar-refractivity contribution < 1.29 is 24.9 Å². The van der Waals surface area contributed by atoms with E-state index in [9.17, 15) is 20.1 Å². The van der Waals surface area contributed by atoms with Gasteiger partial charge in [0.25, 0.3) is 0 Å². The number of thiazole rings is 1. The fourth-order valence-electron chi connectivity index (χ4n) is 7.16. The fourth-order valence-corrected chi connectivity index (χ4v) is 8.41. The van der Waals surface area contributed by atoms with E-state index in [-0.39, 0.29) is 12.5 Å². The Morgan fingerprint density at radius 1 is 1.08 bits per heavy atom. The van der Waals surface area contributed by atoms with Gasteiger partial charge in [-0.05, 0) is 101 Å². The summed E-state index contributed by atoms with van der Waals surface area (Å²) in [4.78, 5) is 20.4. The molecular weight excluding hydrogens is 662 g/mol. The summed E-state index contributed by atoms with van der Waals surface area (Å²) in [6, 6.07) is 16.1. The van der Waals surface area contributed by atoms with Crippen LogP contribution in [0, 0.1) is 6.92 Å². The number of ether oxygens (including phenoxy) is 1. The molecule has 12 heteroatoms. The predicted octanol–water partition coefficient (Wildman–Crippen LogP) is 6.34. The Morgan fingerprint density at radius 3 is 2.39 bits per heavy atom. The monoisotopic (exact) mass is 703 g/mol. The first-order valence-corrected chi connectivity index (χ1v) is 18.0. The summed E-state index contributed by atoms with van der Waals surface area (Å²) < 4.78 is 8.74. The Morgan fingerprint density at radius 2 is 1.78 bits per heavy atom. The zero-order valence-corrected chi connectivity index (χ0v) is 29.7. The van der Waals surface area contributed by atoms with Crippen molar-refractivity contribution in [1.82, 2.24) is 25.0 Å². The Balaban J connectivity index is 1.35. The molecule has 1 atom stereocenters. The van der Waals surface area contributed by atoms with Crippen molar-refractivity contribution in [2.24, 2.45) is 0 Å². The molecule has 2 fully saturated rings. The summed E-state index contributed by atoms with van der Waals surface area (Å²) in [6.45, 7) is 11.6. The molecule has 0 amide bonds. The number of nitrogens with one attached hydrogen (secondary N) is 1. The first-order chi connectivity index (χ1) is 23.4. The minimum Gasteiger partial charge on any atom is -0.479 e. The van der Waals surface area contributed by atoms with Crippen LogP contribution in [0.25, 0.3) is 42.8 Å². The third-order valence-electron chi connectivity index (χ3n) is 9.57. The second-order valence-electron chi connectivity index (χ2n) is 14.2. The van der Waals surface area contributed by atoms with Gasteiger partial charge in [0.15, 0.2) is 12.4 Å². The normalized spacial score (nSPS) is 17.3. The fraction of sp³-hybridized carbons (Fsp3) is 0.432. The number of hydrogen-bond donors (Lipinski definition) is 4. The van der Waals surface area contributed by atoms with Crippen molar-refractivity contribution in [3.63, 3.8) is 0 Å². The topological polar surface area (TPSA) is 133 Å². The first kappa shape index (κ1) is 34.0. The number of nitrogens with zero attached hydrogens (tertiary/aromatic N) is 4. The van der Waals surface area contributed by atoms with E-state index in [0.29, 0.717) is 16.6 Å². The number of hydrogen-bond acceptors (Lipinski definition) is 9. The molecule has 3 aromatic carbocycles. The highest BCUT2D eigenvalue weighted by Gasteiger charge is 2.33. The number of aryl methyl sites for hydroxylation is 1. The van der Waals surface area contributed by atoms with Crippen molar-refractivity contribution >= 4 is 50.0 Å². The van der Waals surface area contributed by atoms with Crippen LogP contribution in [0.5, 0.6) is 0 Å². The van der Waals surface area contributed by atoms with E-state index in [1.807, 2.05) is 58.0 Å². The molecule has 2 aliphatic heterocycles. The molecule has 49 heavy (non-hydrogen) atoms. The van der Waals surface area contributed by atoms with E-state index in [4.69, 9.17) is 26.4 Å². The maximum absolute atomic E-state index is 12.8. The number of piperidine rings is 1. The zero-order valence-electron chi connectivity index (χ0n) is 28.1. The molecule has 10 nitrogen and oxygen atoms in total. The molecule has 2 aromatic heterocycles. The van der Waals surface area contributed by atoms with Gasteiger partial charge in [0.2, 0.25) is 0 Å². The number of benzene rings is 3. The second kappa shape index (κ2) is 13.4. The van der Waals surface area contributed by atoms with Crippen molar-refractivity contribution in [2.75, 3.05) is 26.2 Å². The Hall–Kier alpha value is -3.42. The molecule has 0 saturated carbocycles. The van der Waals surface area contributed by atoms with E-state index in [0.717, 1.165) is 93.1 Å². The molecule has 2 aliphatic rings. The third kappa shape index (κ3) is 6.86. The van der Waals surface area contributed by atoms with E-state index in [2.05, 4.69) is 16.3 Å². The molecule has 7 rings (SSSR count). The summed E-state index contributed by atoms with van der Waals surface area (Å²) in [5.74, 6) is -0.803. The molecule has 4 heterocycles. The molecule has 258 valence electrons. The lowest BCUT2D eigenvalue weighted by Gasteiger charge is -2.42. The third-order valence-corrected chi connectivity index (χ3v) is 11.0. The smallest absolute Gasteiger partial charge is 0.337 e. The number of aliphatic hydroxyl groups is 2. The summed E-state index contributed by atoms with van der Waals surface area (Å²) >= 11 is 7.79. The summed E-state index contributed by atoms with van der Waals surface area (Å²) in [5.41, 5.74) is 5.78. The van der Waals surface area contributed by atoms with Gasteiger partial charge in [-0.1, -0.05) is 23.7 Å². The number of aromatic nitrogens is 3. The molecule has 0 spiro atoms. The standard InChI is InChI=1S/C37H42ClN5O5S/c1-20-15-27-34(31(21-5-8-24(38)9-6-21)30(20)33(36(46)47)48-37(2,3)4)49-35(40-27)23-7-10-28-26(16-23)32(41-43(28)19-29(44)45)22-11-13-42(14-12-22)25-17-39-18-25/h5-10,15-16,22,25,29,33,39,44-45H,11-14,17-19H2,1-4H3,(H,46,47)/t33-/m0/s1. The van der Waals surface area contributed by atoms with Crippen molar-refractivity contribution in [2.45, 2.75) is 77.0 Å². The zero-order chi connectivity index (χ0) is 34.6. The molecule has 0 unspecified atom stereocenters. The number of carboxylic acids is 1. The van der Waals surface area contributed by atoms with Crippen molar-refractivity contribution in [3.8, 4) is 21.7 Å². The molecule has 4 N–H and O–H groups in total. The van der Waals surface area contributed by atoms with Gasteiger partial charge in [-0.3, -0.25) is 9.58 Å². The number of carboxylic acid groups (broad SMARTS) is 1. The summed E-state index contributed by atoms with van der Waals surface area (Å²) in [7, 11) is 0. The molecule has 5 aromatic rings. The van der Waals surface area contributed by atoms with Gasteiger partial charge in [-0.15, -0.1) is 11.3 Å². The van der Waals surface area contributed by atoms with Gasteiger partial charge < -0.3 is 25.4 Å². The van der Waals surface area contributed by atoms with Crippen LogP contribution in [0.3, 0.4) is 0 Å². The average molecular weight is 704 g/mol. The molecule has 0 aliphatic carbocycles. The lowest BCUT2D eigenvalue weighted by atomic mass is 9.90. The van der Waals surface area contributed by atoms with E-state index in [1.165, 1.54) is 11.3 Å². The maximum atomic E-state index is 12.8. The Labute approximate surface area is 294 Å². The number of aliphatic carboxylic acids is 1. The number of fused-ring (bicyclic) bond motifs is 2. The van der Waals surface area contributed by atoms with E-state index >= 15 is 0 Å². The Kier molecular flexibility index (Phi) is 9.29. The SMILES string of the molecule is Cc1cc2nc(-c3ccc4c(c3)c(C3CCN(C5CNC5)CC3)nn4CC(O)O)sc2c(-c2ccc(Cl)cc2)c1[C@H](OC(C)(C)C)C(=O)O. The van der Waals surface area contributed by atoms with E-state index < -0.39 is 24.0 Å². The highest BCUT2D eigenvalue weighted by molar-refractivity contribution is 7.22. The number of rotatable bonds is 9. The van der Waals surface area contributed by atoms with Gasteiger partial charge in [0.05, 0.1) is 33.6 Å². The van der Waals surface area contributed by atoms with Crippen LogP contribution in [0.1, 0.15) is 62.5 Å². The maximum Gasteiger partial charge on any atom is 0.337 e. The quantitative estimate of drug-likeness (QED) is 0.130. The molecule has 0 bridgehead atoms. The van der Waals surface area contributed by atoms with Crippen LogP contribution in [-0.4, -0.2) is 85.1 Å². The summed E-state index contributed by atoms with van der Waals surface area (Å²) in [5, 5.41) is 40.8. The lowest BCUT2D eigenvalue weighted by molar-refractivity contribution is -0.160. The molecule has 2 saturated heterocycles. The van der Waals surface area contributed by atoms with Gasteiger partial charge in [-0.25, -0.2) is 9.78 Å². The lowest BCUT2D eigenvalue weighted by Crippen LogP contribution is -2.58. The summed E-state index contributed by atoms with van der Waals surface area (Å²) in [6.07, 6.45) is -0.736. The van der Waals surface area contributed by atoms with Crippen LogP contribution in [0.4, 0.5) is 0 Å². The van der Waals surface area contributed by atoms with Gasteiger partial charge in [0, 0.05) is 52.1 Å². The van der Waals surface area contributed by atoms with Gasteiger partial charge >= 0.3 is 5.97 Å².